The zero-order valence-electron chi connectivity index (χ0n) is 11.0. The Morgan fingerprint density at radius 1 is 1.43 bits per heavy atom. The number of nitrogens with two attached hydrogens (primary N) is 1. The second-order valence-electron chi connectivity index (χ2n) is 4.57. The molecule has 0 radical (unpaired) electrons. The average molecular weight is 283 g/mol. The number of fused-ring (bicyclic) bond motifs is 1. The smallest absolute Gasteiger partial charge is 0.158 e. The topological polar surface area (TPSA) is 112 Å². The summed E-state index contributed by atoms with van der Waals surface area (Å²) in [5, 5.41) is 25.7. The molecular weight excluding hydrogens is 273 g/mol. The lowest BCUT2D eigenvalue weighted by atomic mass is 10.00. The first-order valence-electron chi connectivity index (χ1n) is 6.06. The Hall–Kier alpha value is -3.14. The van der Waals surface area contributed by atoms with E-state index in [1.807, 2.05) is 6.07 Å². The number of nitrogen functional groups attached to an aromatic ring is 1. The van der Waals surface area contributed by atoms with Crippen LogP contribution in [-0.4, -0.2) is 20.3 Å². The molecule has 0 saturated carbocycles. The van der Waals surface area contributed by atoms with E-state index in [1.165, 1.54) is 12.1 Å². The Bertz CT molecular complexity index is 910. The predicted octanol–water partition coefficient (Wildman–Crippen LogP) is 2.23. The number of hydrogen-bond acceptors (Lipinski definition) is 5. The molecule has 0 fully saturated rings. The fourth-order valence-corrected chi connectivity index (χ4v) is 2.29. The SMILES string of the molecule is Cc1c(C#N)c(-c2ccc(O)cc2F)nc2[nH]nc(N)c12. The third kappa shape index (κ3) is 1.85. The highest BCUT2D eigenvalue weighted by atomic mass is 19.1. The molecule has 1 aromatic carbocycles. The van der Waals surface area contributed by atoms with Gasteiger partial charge in [-0.15, -0.1) is 0 Å². The van der Waals surface area contributed by atoms with Crippen LogP contribution in [0.15, 0.2) is 18.2 Å². The lowest BCUT2D eigenvalue weighted by Gasteiger charge is -2.08. The Morgan fingerprint density at radius 3 is 2.86 bits per heavy atom. The van der Waals surface area contributed by atoms with E-state index >= 15 is 0 Å². The zero-order valence-corrected chi connectivity index (χ0v) is 11.0. The van der Waals surface area contributed by atoms with E-state index < -0.39 is 5.82 Å². The molecular formula is C14H10FN5O. The molecule has 104 valence electrons. The van der Waals surface area contributed by atoms with Gasteiger partial charge in [-0.1, -0.05) is 0 Å². The number of nitriles is 1. The Kier molecular flexibility index (Phi) is 2.73. The molecule has 0 amide bonds. The molecule has 3 rings (SSSR count). The number of H-pyrrole nitrogens is 1. The molecule has 0 unspecified atom stereocenters. The number of nitrogens with one attached hydrogen (secondary N) is 1. The van der Waals surface area contributed by atoms with Crippen LogP contribution in [0.3, 0.4) is 0 Å². The van der Waals surface area contributed by atoms with Gasteiger partial charge in [-0.05, 0) is 24.6 Å². The Morgan fingerprint density at radius 2 is 2.19 bits per heavy atom. The number of aromatic amines is 1. The van der Waals surface area contributed by atoms with Gasteiger partial charge >= 0.3 is 0 Å². The minimum Gasteiger partial charge on any atom is -0.508 e. The van der Waals surface area contributed by atoms with Crippen LogP contribution in [0.25, 0.3) is 22.3 Å². The van der Waals surface area contributed by atoms with Crippen LogP contribution in [0.2, 0.25) is 0 Å². The summed E-state index contributed by atoms with van der Waals surface area (Å²) in [5.74, 6) is -0.618. The van der Waals surface area contributed by atoms with Gasteiger partial charge in [0.05, 0.1) is 16.6 Å². The van der Waals surface area contributed by atoms with Gasteiger partial charge in [0.1, 0.15) is 17.6 Å². The summed E-state index contributed by atoms with van der Waals surface area (Å²) < 4.78 is 14.0. The van der Waals surface area contributed by atoms with E-state index in [2.05, 4.69) is 15.2 Å². The summed E-state index contributed by atoms with van der Waals surface area (Å²) in [5.41, 5.74) is 7.23. The molecule has 3 aromatic rings. The third-order valence-corrected chi connectivity index (χ3v) is 3.31. The minimum atomic E-state index is -0.662. The van der Waals surface area contributed by atoms with Gasteiger partial charge in [-0.25, -0.2) is 9.37 Å². The number of rotatable bonds is 1. The number of benzene rings is 1. The van der Waals surface area contributed by atoms with E-state index in [-0.39, 0.29) is 28.4 Å². The second-order valence-corrected chi connectivity index (χ2v) is 4.57. The van der Waals surface area contributed by atoms with Gasteiger partial charge in [0, 0.05) is 11.6 Å². The standard InChI is InChI=1S/C14H10FN5O/c1-6-9(5-16)12(8-3-2-7(21)4-10(8)15)18-14-11(6)13(17)19-20-14/h2-4,21H,1H3,(H3,17,18,19,20). The molecule has 0 aliphatic carbocycles. The van der Waals surface area contributed by atoms with Crippen molar-refractivity contribution in [3.63, 3.8) is 0 Å². The summed E-state index contributed by atoms with van der Waals surface area (Å²) in [6.07, 6.45) is 0. The molecule has 0 atom stereocenters. The van der Waals surface area contributed by atoms with Crippen LogP contribution in [0.4, 0.5) is 10.2 Å². The lowest BCUT2D eigenvalue weighted by molar-refractivity contribution is 0.469. The fraction of sp³-hybridized carbons (Fsp3) is 0.0714. The number of phenols is 1. The average Bonchev–Trinajstić information content (AvgIpc) is 2.80. The molecule has 0 saturated heterocycles. The van der Waals surface area contributed by atoms with Crippen molar-refractivity contribution in [1.82, 2.24) is 15.2 Å². The zero-order chi connectivity index (χ0) is 15.1. The molecule has 6 nitrogen and oxygen atoms in total. The largest absolute Gasteiger partial charge is 0.508 e. The number of phenolic OH excluding ortho intramolecular Hbond substituents is 1. The van der Waals surface area contributed by atoms with Gasteiger partial charge in [0.25, 0.3) is 0 Å². The highest BCUT2D eigenvalue weighted by molar-refractivity contribution is 5.93. The summed E-state index contributed by atoms with van der Waals surface area (Å²) in [6, 6.07) is 5.70. The molecule has 2 heterocycles. The van der Waals surface area contributed by atoms with Gasteiger partial charge < -0.3 is 10.8 Å². The third-order valence-electron chi connectivity index (χ3n) is 3.31. The Balaban J connectivity index is 2.40. The molecule has 7 heteroatoms. The second kappa shape index (κ2) is 4.45. The lowest BCUT2D eigenvalue weighted by Crippen LogP contribution is -1.97. The number of nitrogens with zero attached hydrogens (tertiary/aromatic N) is 3. The first-order valence-corrected chi connectivity index (χ1v) is 6.06. The van der Waals surface area contributed by atoms with Crippen LogP contribution < -0.4 is 5.73 Å². The van der Waals surface area contributed by atoms with E-state index in [0.717, 1.165) is 6.07 Å². The molecule has 0 aliphatic rings. The maximum atomic E-state index is 14.0. The van der Waals surface area contributed by atoms with Crippen LogP contribution in [0, 0.1) is 24.1 Å². The molecule has 21 heavy (non-hydrogen) atoms. The number of aryl methyl sites for hydroxylation is 1. The number of pyridine rings is 1. The molecule has 0 spiro atoms. The first kappa shape index (κ1) is 12.9. The van der Waals surface area contributed by atoms with E-state index in [4.69, 9.17) is 5.73 Å². The van der Waals surface area contributed by atoms with Crippen LogP contribution in [0.5, 0.6) is 5.75 Å². The molecule has 2 aromatic heterocycles. The van der Waals surface area contributed by atoms with Crippen molar-refractivity contribution in [3.05, 3.63) is 35.1 Å². The summed E-state index contributed by atoms with van der Waals surface area (Å²) in [4.78, 5) is 4.25. The van der Waals surface area contributed by atoms with Crippen molar-refractivity contribution in [2.75, 3.05) is 5.73 Å². The monoisotopic (exact) mass is 283 g/mol. The molecule has 4 N–H and O–H groups in total. The van der Waals surface area contributed by atoms with Gasteiger partial charge in [0.15, 0.2) is 11.5 Å². The van der Waals surface area contributed by atoms with Crippen LogP contribution in [-0.2, 0) is 0 Å². The number of hydrogen-bond donors (Lipinski definition) is 3. The summed E-state index contributed by atoms with van der Waals surface area (Å²) >= 11 is 0. The predicted molar refractivity (Wildman–Crippen MR) is 74.8 cm³/mol. The van der Waals surface area contributed by atoms with Crippen molar-refractivity contribution in [2.24, 2.45) is 0 Å². The number of halogens is 1. The highest BCUT2D eigenvalue weighted by Gasteiger charge is 2.19. The van der Waals surface area contributed by atoms with Crippen molar-refractivity contribution in [2.45, 2.75) is 6.92 Å². The molecule has 0 bridgehead atoms. The van der Waals surface area contributed by atoms with Gasteiger partial charge in [-0.3, -0.25) is 5.10 Å². The number of aromatic hydroxyl groups is 1. The maximum absolute atomic E-state index is 14.0. The number of anilines is 1. The van der Waals surface area contributed by atoms with Gasteiger partial charge in [-0.2, -0.15) is 10.4 Å². The van der Waals surface area contributed by atoms with Crippen LogP contribution >= 0.6 is 0 Å². The van der Waals surface area contributed by atoms with Crippen molar-refractivity contribution in [3.8, 4) is 23.1 Å². The quantitative estimate of drug-likeness (QED) is 0.634. The van der Waals surface area contributed by atoms with Crippen molar-refractivity contribution < 1.29 is 9.50 Å². The first-order chi connectivity index (χ1) is 10.0. The Labute approximate surface area is 118 Å². The summed E-state index contributed by atoms with van der Waals surface area (Å²) in [6.45, 7) is 1.70. The van der Waals surface area contributed by atoms with Gasteiger partial charge in [0.2, 0.25) is 0 Å². The summed E-state index contributed by atoms with van der Waals surface area (Å²) in [7, 11) is 0. The minimum absolute atomic E-state index is 0.127. The normalized spacial score (nSPS) is 10.7. The highest BCUT2D eigenvalue weighted by Crippen LogP contribution is 2.32. The number of aromatic nitrogens is 3. The molecule has 0 aliphatic heterocycles. The van der Waals surface area contributed by atoms with Crippen molar-refractivity contribution >= 4 is 16.9 Å². The maximum Gasteiger partial charge on any atom is 0.158 e. The van der Waals surface area contributed by atoms with E-state index in [1.54, 1.807) is 6.92 Å². The fourth-order valence-electron chi connectivity index (χ4n) is 2.29. The van der Waals surface area contributed by atoms with Crippen molar-refractivity contribution in [1.29, 1.82) is 5.26 Å². The van der Waals surface area contributed by atoms with E-state index in [9.17, 15) is 14.8 Å². The van der Waals surface area contributed by atoms with E-state index in [0.29, 0.717) is 16.6 Å². The van der Waals surface area contributed by atoms with Crippen LogP contribution in [0.1, 0.15) is 11.1 Å².